The molecular weight excluding hydrogens is 212 g/mol. The van der Waals surface area contributed by atoms with Gasteiger partial charge in [-0.2, -0.15) is 0 Å². The van der Waals surface area contributed by atoms with Gasteiger partial charge in [0.25, 0.3) is 0 Å². The average molecular weight is 230 g/mol. The zero-order valence-corrected chi connectivity index (χ0v) is 10.2. The third-order valence-electron chi connectivity index (χ3n) is 2.11. The quantitative estimate of drug-likeness (QED) is 0.539. The average Bonchev–Trinajstić information content (AvgIpc) is 2.12. The van der Waals surface area contributed by atoms with Gasteiger partial charge in [0.05, 0.1) is 6.61 Å². The summed E-state index contributed by atoms with van der Waals surface area (Å²) in [6.45, 7) is 8.32. The lowest BCUT2D eigenvalue weighted by atomic mass is 10.3. The van der Waals surface area contributed by atoms with Crippen molar-refractivity contribution in [3.05, 3.63) is 12.2 Å². The van der Waals surface area contributed by atoms with Crippen LogP contribution in [0.5, 0.6) is 0 Å². The molecule has 1 rings (SSSR count). The Bertz CT molecular complexity index is 242. The minimum Gasteiger partial charge on any atom is -0.442 e. The predicted molar refractivity (Wildman–Crippen MR) is 61.8 cm³/mol. The second-order valence-corrected chi connectivity index (χ2v) is 5.47. The van der Waals surface area contributed by atoms with E-state index in [2.05, 4.69) is 6.58 Å². The second-order valence-electron chi connectivity index (χ2n) is 3.91. The van der Waals surface area contributed by atoms with Crippen LogP contribution in [0.3, 0.4) is 0 Å². The van der Waals surface area contributed by atoms with E-state index >= 15 is 0 Å². The van der Waals surface area contributed by atoms with Crippen molar-refractivity contribution in [2.24, 2.45) is 0 Å². The Morgan fingerprint density at radius 3 is 2.93 bits per heavy atom. The SMILES string of the molecule is C=C(C)C(=O)OC1(C)COCCCCS1. The molecular formula is C11H18O3S. The zero-order chi connectivity index (χ0) is 11.3. The van der Waals surface area contributed by atoms with E-state index in [1.807, 2.05) is 6.92 Å². The summed E-state index contributed by atoms with van der Waals surface area (Å²) in [6, 6.07) is 0. The summed E-state index contributed by atoms with van der Waals surface area (Å²) in [5, 5.41) is 0. The highest BCUT2D eigenvalue weighted by molar-refractivity contribution is 8.00. The molecule has 0 N–H and O–H groups in total. The molecule has 1 unspecified atom stereocenters. The Balaban J connectivity index is 2.53. The summed E-state index contributed by atoms with van der Waals surface area (Å²) >= 11 is 1.64. The molecule has 0 aromatic rings. The van der Waals surface area contributed by atoms with Crippen LogP contribution < -0.4 is 0 Å². The summed E-state index contributed by atoms with van der Waals surface area (Å²) in [5.74, 6) is 0.665. The lowest BCUT2D eigenvalue weighted by molar-refractivity contribution is -0.149. The monoisotopic (exact) mass is 230 g/mol. The molecule has 0 radical (unpaired) electrons. The minimum absolute atomic E-state index is 0.339. The number of thioether (sulfide) groups is 1. The summed E-state index contributed by atoms with van der Waals surface area (Å²) in [5.41, 5.74) is 0.430. The Hall–Kier alpha value is -0.480. The minimum atomic E-state index is -0.559. The van der Waals surface area contributed by atoms with Crippen molar-refractivity contribution in [3.8, 4) is 0 Å². The molecule has 1 atom stereocenters. The maximum atomic E-state index is 11.4. The van der Waals surface area contributed by atoms with E-state index in [4.69, 9.17) is 9.47 Å². The highest BCUT2D eigenvalue weighted by atomic mass is 32.2. The van der Waals surface area contributed by atoms with Crippen molar-refractivity contribution in [1.82, 2.24) is 0 Å². The van der Waals surface area contributed by atoms with Crippen molar-refractivity contribution in [3.63, 3.8) is 0 Å². The molecule has 3 nitrogen and oxygen atoms in total. The molecule has 1 aliphatic heterocycles. The number of ether oxygens (including phenoxy) is 2. The number of hydrogen-bond donors (Lipinski definition) is 0. The second kappa shape index (κ2) is 5.56. The Labute approximate surface area is 95.2 Å². The fraction of sp³-hybridized carbons (Fsp3) is 0.727. The van der Waals surface area contributed by atoms with E-state index in [9.17, 15) is 4.79 Å². The number of hydrogen-bond acceptors (Lipinski definition) is 4. The van der Waals surface area contributed by atoms with Crippen LogP contribution in [0.4, 0.5) is 0 Å². The van der Waals surface area contributed by atoms with E-state index in [0.29, 0.717) is 12.2 Å². The van der Waals surface area contributed by atoms with Gasteiger partial charge in [-0.1, -0.05) is 6.58 Å². The molecule has 0 amide bonds. The summed E-state index contributed by atoms with van der Waals surface area (Å²) in [4.78, 5) is 10.9. The Kier molecular flexibility index (Phi) is 4.67. The fourth-order valence-corrected chi connectivity index (χ4v) is 2.32. The van der Waals surface area contributed by atoms with Crippen LogP contribution >= 0.6 is 11.8 Å². The summed E-state index contributed by atoms with van der Waals surface area (Å²) in [6.07, 6.45) is 2.18. The van der Waals surface area contributed by atoms with E-state index in [0.717, 1.165) is 25.2 Å². The number of esters is 1. The molecule has 4 heteroatoms. The molecule has 0 saturated carbocycles. The molecule has 1 fully saturated rings. The number of carbonyl (C=O) groups excluding carboxylic acids is 1. The van der Waals surface area contributed by atoms with Gasteiger partial charge in [0.15, 0.2) is 4.93 Å². The van der Waals surface area contributed by atoms with Crippen molar-refractivity contribution >= 4 is 17.7 Å². The first-order valence-electron chi connectivity index (χ1n) is 5.14. The third kappa shape index (κ3) is 4.26. The highest BCUT2D eigenvalue weighted by Crippen LogP contribution is 2.30. The van der Waals surface area contributed by atoms with E-state index in [1.165, 1.54) is 0 Å². The standard InChI is InChI=1S/C11H18O3S/c1-9(2)10(12)14-11(3)8-13-6-4-5-7-15-11/h1,4-8H2,2-3H3. The molecule has 15 heavy (non-hydrogen) atoms. The van der Waals surface area contributed by atoms with Crippen molar-refractivity contribution in [2.75, 3.05) is 19.0 Å². The smallest absolute Gasteiger partial charge is 0.334 e. The lowest BCUT2D eigenvalue weighted by Crippen LogP contribution is -2.35. The van der Waals surface area contributed by atoms with Gasteiger partial charge in [-0.25, -0.2) is 4.79 Å². The third-order valence-corrected chi connectivity index (χ3v) is 3.42. The topological polar surface area (TPSA) is 35.5 Å². The van der Waals surface area contributed by atoms with Crippen molar-refractivity contribution in [2.45, 2.75) is 31.6 Å². The first-order valence-corrected chi connectivity index (χ1v) is 6.13. The molecule has 0 aliphatic carbocycles. The molecule has 0 aromatic heterocycles. The summed E-state index contributed by atoms with van der Waals surface area (Å²) < 4.78 is 10.8. The highest BCUT2D eigenvalue weighted by Gasteiger charge is 2.30. The predicted octanol–water partition coefficient (Wildman–Crippen LogP) is 2.37. The van der Waals surface area contributed by atoms with Gasteiger partial charge in [-0.15, -0.1) is 11.8 Å². The van der Waals surface area contributed by atoms with Gasteiger partial charge >= 0.3 is 5.97 Å². The van der Waals surface area contributed by atoms with Crippen LogP contribution in [-0.4, -0.2) is 29.9 Å². The largest absolute Gasteiger partial charge is 0.442 e. The normalized spacial score (nSPS) is 27.6. The van der Waals surface area contributed by atoms with Gasteiger partial charge in [0.1, 0.15) is 0 Å². The Morgan fingerprint density at radius 2 is 2.27 bits per heavy atom. The summed E-state index contributed by atoms with van der Waals surface area (Å²) in [7, 11) is 0. The van der Waals surface area contributed by atoms with Gasteiger partial charge in [-0.05, 0) is 32.4 Å². The Morgan fingerprint density at radius 1 is 1.53 bits per heavy atom. The zero-order valence-electron chi connectivity index (χ0n) is 9.38. The van der Waals surface area contributed by atoms with Crippen LogP contribution in [-0.2, 0) is 14.3 Å². The fourth-order valence-electron chi connectivity index (χ4n) is 1.24. The van der Waals surface area contributed by atoms with Gasteiger partial charge < -0.3 is 9.47 Å². The van der Waals surface area contributed by atoms with Gasteiger partial charge in [0.2, 0.25) is 0 Å². The molecule has 0 bridgehead atoms. The molecule has 0 spiro atoms. The lowest BCUT2D eigenvalue weighted by Gasteiger charge is -2.30. The van der Waals surface area contributed by atoms with E-state index < -0.39 is 4.93 Å². The van der Waals surface area contributed by atoms with Crippen LogP contribution in [0.1, 0.15) is 26.7 Å². The van der Waals surface area contributed by atoms with Gasteiger partial charge in [-0.3, -0.25) is 0 Å². The van der Waals surface area contributed by atoms with Gasteiger partial charge in [0, 0.05) is 12.2 Å². The molecule has 86 valence electrons. The van der Waals surface area contributed by atoms with Crippen LogP contribution in [0.15, 0.2) is 12.2 Å². The van der Waals surface area contributed by atoms with Crippen molar-refractivity contribution in [1.29, 1.82) is 0 Å². The molecule has 0 aromatic carbocycles. The first kappa shape index (κ1) is 12.6. The van der Waals surface area contributed by atoms with Crippen LogP contribution in [0.2, 0.25) is 0 Å². The molecule has 1 heterocycles. The molecule has 1 saturated heterocycles. The maximum Gasteiger partial charge on any atom is 0.334 e. The first-order chi connectivity index (χ1) is 7.03. The number of rotatable bonds is 2. The molecule has 1 aliphatic rings. The van der Waals surface area contributed by atoms with E-state index in [1.54, 1.807) is 18.7 Å². The van der Waals surface area contributed by atoms with Crippen LogP contribution in [0, 0.1) is 0 Å². The maximum absolute atomic E-state index is 11.4. The number of carbonyl (C=O) groups is 1. The van der Waals surface area contributed by atoms with Crippen LogP contribution in [0.25, 0.3) is 0 Å². The van der Waals surface area contributed by atoms with Crippen molar-refractivity contribution < 1.29 is 14.3 Å². The van der Waals surface area contributed by atoms with E-state index in [-0.39, 0.29) is 5.97 Å².